The van der Waals surface area contributed by atoms with Crippen LogP contribution in [0.25, 0.3) is 16.6 Å². The lowest BCUT2D eigenvalue weighted by atomic mass is 9.75. The van der Waals surface area contributed by atoms with E-state index < -0.39 is 17.4 Å². The Morgan fingerprint density at radius 1 is 0.923 bits per heavy atom. The van der Waals surface area contributed by atoms with Gasteiger partial charge in [-0.15, -0.1) is 0 Å². The van der Waals surface area contributed by atoms with E-state index in [4.69, 9.17) is 4.98 Å². The number of para-hydroxylation sites is 2. The molecular formula is C32H30N4O3. The van der Waals surface area contributed by atoms with Gasteiger partial charge in [0.1, 0.15) is 11.4 Å². The van der Waals surface area contributed by atoms with Crippen molar-refractivity contribution in [3.63, 3.8) is 0 Å². The Hall–Kier alpha value is -4.10. The fourth-order valence-electron chi connectivity index (χ4n) is 7.22. The van der Waals surface area contributed by atoms with Crippen LogP contribution in [0.15, 0.2) is 71.5 Å². The second kappa shape index (κ2) is 8.20. The number of carbonyl (C=O) groups excluding carboxylic acids is 2. The number of benzene rings is 3. The summed E-state index contributed by atoms with van der Waals surface area (Å²) in [5.41, 5.74) is 3.39. The van der Waals surface area contributed by atoms with Gasteiger partial charge in [0.2, 0.25) is 11.8 Å². The van der Waals surface area contributed by atoms with Crippen molar-refractivity contribution in [3.05, 3.63) is 99.6 Å². The monoisotopic (exact) mass is 518 g/mol. The van der Waals surface area contributed by atoms with Crippen molar-refractivity contribution in [3.8, 4) is 5.69 Å². The number of fused-ring (bicyclic) bond motifs is 8. The predicted molar refractivity (Wildman–Crippen MR) is 150 cm³/mol. The predicted octanol–water partition coefficient (Wildman–Crippen LogP) is 4.38. The molecule has 3 aliphatic heterocycles. The Labute approximate surface area is 226 Å². The molecule has 196 valence electrons. The third kappa shape index (κ3) is 3.08. The number of rotatable bonds is 3. The highest BCUT2D eigenvalue weighted by Crippen LogP contribution is 2.56. The highest BCUT2D eigenvalue weighted by Gasteiger charge is 2.69. The van der Waals surface area contributed by atoms with E-state index in [-0.39, 0.29) is 23.4 Å². The highest BCUT2D eigenvalue weighted by atomic mass is 16.2. The van der Waals surface area contributed by atoms with Crippen LogP contribution < -0.4 is 15.8 Å². The lowest BCUT2D eigenvalue weighted by molar-refractivity contribution is -0.123. The van der Waals surface area contributed by atoms with Crippen LogP contribution >= 0.6 is 0 Å². The highest BCUT2D eigenvalue weighted by molar-refractivity contribution is 6.23. The molecule has 2 fully saturated rings. The quantitative estimate of drug-likeness (QED) is 0.407. The number of nitrogens with one attached hydrogen (secondary N) is 1. The van der Waals surface area contributed by atoms with Crippen LogP contribution in [-0.4, -0.2) is 27.4 Å². The number of hydrogen-bond acceptors (Lipinski definition) is 5. The molecular weight excluding hydrogens is 488 g/mol. The minimum absolute atomic E-state index is 0.173. The maximum Gasteiger partial charge on any atom is 0.266 e. The largest absolute Gasteiger partial charge is 0.297 e. The van der Waals surface area contributed by atoms with Crippen molar-refractivity contribution in [2.45, 2.75) is 45.7 Å². The lowest BCUT2D eigenvalue weighted by Crippen LogP contribution is -2.50. The molecule has 2 saturated heterocycles. The SMILES string of the molecule is Cc1ccc(N2C(=O)[C@H]3[C@H](CC(C)C)N[C@]4(c5ccccc5-n5c4nc4ccccc4c5=O)[C@H]3C2=O)c(C)c1. The van der Waals surface area contributed by atoms with Gasteiger partial charge in [0.25, 0.3) is 5.56 Å². The van der Waals surface area contributed by atoms with Gasteiger partial charge in [-0.05, 0) is 56.0 Å². The first-order chi connectivity index (χ1) is 18.7. The number of aromatic nitrogens is 2. The molecule has 39 heavy (non-hydrogen) atoms. The first-order valence-corrected chi connectivity index (χ1v) is 13.6. The summed E-state index contributed by atoms with van der Waals surface area (Å²) >= 11 is 0. The maximum atomic E-state index is 14.5. The second-order valence-corrected chi connectivity index (χ2v) is 11.6. The molecule has 1 N–H and O–H groups in total. The molecule has 7 nitrogen and oxygen atoms in total. The normalized spacial score (nSPS) is 25.2. The van der Waals surface area contributed by atoms with E-state index >= 15 is 0 Å². The van der Waals surface area contributed by atoms with E-state index in [1.165, 1.54) is 4.90 Å². The van der Waals surface area contributed by atoms with Gasteiger partial charge in [-0.3, -0.25) is 24.3 Å². The van der Waals surface area contributed by atoms with E-state index in [2.05, 4.69) is 19.2 Å². The van der Waals surface area contributed by atoms with Crippen LogP contribution in [-0.2, 0) is 15.1 Å². The van der Waals surface area contributed by atoms with Crippen LogP contribution in [0.4, 0.5) is 5.69 Å². The maximum absolute atomic E-state index is 14.5. The van der Waals surface area contributed by atoms with Crippen molar-refractivity contribution in [1.29, 1.82) is 0 Å². The molecule has 0 unspecified atom stereocenters. The number of imide groups is 1. The Kier molecular flexibility index (Phi) is 5.04. The number of anilines is 1. The number of amides is 2. The van der Waals surface area contributed by atoms with Crippen molar-refractivity contribution in [2.24, 2.45) is 17.8 Å². The molecule has 1 spiro atoms. The summed E-state index contributed by atoms with van der Waals surface area (Å²) in [6, 6.07) is 20.5. The molecule has 2 amide bonds. The standard InChI is InChI=1S/C32H30N4O3/c1-17(2)15-23-26-27(30(39)35(29(26)38)24-14-13-18(3)16-19(24)4)32(34-23)21-10-6-8-12-25(21)36-28(37)20-9-5-7-11-22(20)33-31(32)36/h5-14,16-17,23,26-27,34H,15H2,1-4H3/t23-,26-,27+,32+/m0/s1. The molecule has 0 bridgehead atoms. The van der Waals surface area contributed by atoms with Gasteiger partial charge in [0.05, 0.1) is 34.1 Å². The molecule has 4 heterocycles. The molecule has 0 aliphatic carbocycles. The Morgan fingerprint density at radius 2 is 1.67 bits per heavy atom. The van der Waals surface area contributed by atoms with Gasteiger partial charge in [-0.2, -0.15) is 0 Å². The van der Waals surface area contributed by atoms with Crippen molar-refractivity contribution in [1.82, 2.24) is 14.9 Å². The lowest BCUT2D eigenvalue weighted by Gasteiger charge is -2.32. The zero-order chi connectivity index (χ0) is 27.2. The summed E-state index contributed by atoms with van der Waals surface area (Å²) in [5, 5.41) is 4.29. The molecule has 1 aromatic heterocycles. The van der Waals surface area contributed by atoms with Crippen molar-refractivity contribution in [2.75, 3.05) is 4.90 Å². The Balaban J connectivity index is 1.52. The Morgan fingerprint density at radius 3 is 2.44 bits per heavy atom. The molecule has 0 saturated carbocycles. The fraction of sp³-hybridized carbons (Fsp3) is 0.312. The van der Waals surface area contributed by atoms with Gasteiger partial charge in [0.15, 0.2) is 0 Å². The van der Waals surface area contributed by atoms with Crippen LogP contribution in [0.1, 0.15) is 42.8 Å². The topological polar surface area (TPSA) is 84.3 Å². The zero-order valence-corrected chi connectivity index (χ0v) is 22.4. The van der Waals surface area contributed by atoms with Gasteiger partial charge < -0.3 is 0 Å². The summed E-state index contributed by atoms with van der Waals surface area (Å²) in [6.45, 7) is 8.18. The zero-order valence-electron chi connectivity index (χ0n) is 22.4. The van der Waals surface area contributed by atoms with Crippen LogP contribution in [0.2, 0.25) is 0 Å². The minimum atomic E-state index is -1.11. The number of hydrogen-bond donors (Lipinski definition) is 1. The van der Waals surface area contributed by atoms with E-state index in [0.717, 1.165) is 16.7 Å². The summed E-state index contributed by atoms with van der Waals surface area (Å²) in [4.78, 5) is 49.1. The average molecular weight is 519 g/mol. The van der Waals surface area contributed by atoms with E-state index in [1.54, 1.807) is 10.6 Å². The molecule has 0 radical (unpaired) electrons. The summed E-state index contributed by atoms with van der Waals surface area (Å²) in [7, 11) is 0. The third-order valence-electron chi connectivity index (χ3n) is 8.68. The summed E-state index contributed by atoms with van der Waals surface area (Å²) in [5.74, 6) is -0.981. The van der Waals surface area contributed by atoms with Crippen LogP contribution in [0.5, 0.6) is 0 Å². The molecule has 4 atom stereocenters. The van der Waals surface area contributed by atoms with Crippen LogP contribution in [0.3, 0.4) is 0 Å². The molecule has 7 rings (SSSR count). The minimum Gasteiger partial charge on any atom is -0.297 e. The average Bonchev–Trinajstić information content (AvgIpc) is 3.47. The molecule has 7 heteroatoms. The second-order valence-electron chi connectivity index (χ2n) is 11.6. The molecule has 3 aromatic carbocycles. The summed E-state index contributed by atoms with van der Waals surface area (Å²) in [6.07, 6.45) is 0.711. The number of nitrogens with zero attached hydrogens (tertiary/aromatic N) is 3. The summed E-state index contributed by atoms with van der Waals surface area (Å²) < 4.78 is 1.65. The smallest absolute Gasteiger partial charge is 0.266 e. The van der Waals surface area contributed by atoms with Gasteiger partial charge >= 0.3 is 0 Å². The van der Waals surface area contributed by atoms with Gasteiger partial charge in [-0.25, -0.2) is 9.88 Å². The van der Waals surface area contributed by atoms with Gasteiger partial charge in [-0.1, -0.05) is 61.9 Å². The van der Waals surface area contributed by atoms with Crippen molar-refractivity contribution >= 4 is 28.4 Å². The number of carbonyl (C=O) groups is 2. The molecule has 4 aromatic rings. The number of aryl methyl sites for hydroxylation is 2. The van der Waals surface area contributed by atoms with E-state index in [9.17, 15) is 14.4 Å². The van der Waals surface area contributed by atoms with Crippen LogP contribution in [0, 0.1) is 31.6 Å². The third-order valence-corrected chi connectivity index (χ3v) is 8.68. The fourth-order valence-corrected chi connectivity index (χ4v) is 7.22. The van der Waals surface area contributed by atoms with Gasteiger partial charge in [0, 0.05) is 11.6 Å². The first kappa shape index (κ1) is 24.0. The van der Waals surface area contributed by atoms with E-state index in [1.807, 2.05) is 74.5 Å². The molecule has 3 aliphatic rings. The van der Waals surface area contributed by atoms with E-state index in [0.29, 0.717) is 40.4 Å². The Bertz CT molecular complexity index is 1770. The van der Waals surface area contributed by atoms with Crippen molar-refractivity contribution < 1.29 is 9.59 Å². The first-order valence-electron chi connectivity index (χ1n) is 13.6.